The quantitative estimate of drug-likeness (QED) is 0.683. The molecule has 0 heterocycles. The second-order valence-corrected chi connectivity index (χ2v) is 4.52. The summed E-state index contributed by atoms with van der Waals surface area (Å²) in [6.45, 7) is 3.07. The number of nitrogens with one attached hydrogen (secondary N) is 1. The van der Waals surface area contributed by atoms with Crippen LogP contribution in [0.15, 0.2) is 0 Å². The predicted octanol–water partition coefficient (Wildman–Crippen LogP) is 1.75. The average molecular weight is 184 g/mol. The molecule has 0 spiro atoms. The highest BCUT2D eigenvalue weighted by atomic mass is 14.9. The number of hydrogen-bond acceptors (Lipinski definition) is 2. The fourth-order valence-corrected chi connectivity index (χ4v) is 2.44. The average Bonchev–Trinajstić information content (AvgIpc) is 2.66. The van der Waals surface area contributed by atoms with Gasteiger partial charge >= 0.3 is 0 Å². The van der Waals surface area contributed by atoms with Gasteiger partial charge in [-0.1, -0.05) is 19.8 Å². The first-order valence-electron chi connectivity index (χ1n) is 5.65. The topological polar surface area (TPSA) is 38.0 Å². The molecule has 1 fully saturated rings. The summed E-state index contributed by atoms with van der Waals surface area (Å²) in [6.07, 6.45) is 6.95. The maximum Gasteiger partial charge on any atom is 0.00953 e. The molecule has 0 amide bonds. The molecule has 13 heavy (non-hydrogen) atoms. The second-order valence-electron chi connectivity index (χ2n) is 4.52. The third kappa shape index (κ3) is 3.28. The lowest BCUT2D eigenvalue weighted by Crippen LogP contribution is -2.35. The van der Waals surface area contributed by atoms with Crippen LogP contribution in [0.5, 0.6) is 0 Å². The van der Waals surface area contributed by atoms with E-state index in [1.165, 1.54) is 32.1 Å². The molecule has 1 aliphatic carbocycles. The predicted molar refractivity (Wildman–Crippen MR) is 57.6 cm³/mol. The molecule has 3 N–H and O–H groups in total. The summed E-state index contributed by atoms with van der Waals surface area (Å²) in [5.41, 5.74) is 5.65. The van der Waals surface area contributed by atoms with Crippen molar-refractivity contribution < 1.29 is 0 Å². The second kappa shape index (κ2) is 5.61. The molecule has 1 saturated carbocycles. The van der Waals surface area contributed by atoms with E-state index in [0.29, 0.717) is 12.0 Å². The third-order valence-electron chi connectivity index (χ3n) is 3.40. The van der Waals surface area contributed by atoms with E-state index in [1.54, 1.807) is 0 Å². The fraction of sp³-hybridized carbons (Fsp3) is 1.00. The van der Waals surface area contributed by atoms with Crippen molar-refractivity contribution in [2.24, 2.45) is 17.6 Å². The van der Waals surface area contributed by atoms with Crippen LogP contribution in [-0.2, 0) is 0 Å². The zero-order chi connectivity index (χ0) is 9.68. The first-order valence-corrected chi connectivity index (χ1v) is 5.65. The summed E-state index contributed by atoms with van der Waals surface area (Å²) < 4.78 is 0. The number of nitrogens with two attached hydrogens (primary N) is 1. The Morgan fingerprint density at radius 3 is 2.46 bits per heavy atom. The van der Waals surface area contributed by atoms with Crippen LogP contribution in [0.25, 0.3) is 0 Å². The minimum atomic E-state index is 0.665. The molecular formula is C11H24N2. The first-order chi connectivity index (χ1) is 6.27. The van der Waals surface area contributed by atoms with E-state index in [-0.39, 0.29) is 0 Å². The van der Waals surface area contributed by atoms with Gasteiger partial charge in [-0.05, 0) is 44.7 Å². The lowest BCUT2D eigenvalue weighted by atomic mass is 9.90. The molecule has 2 heteroatoms. The Hall–Kier alpha value is -0.0800. The van der Waals surface area contributed by atoms with Crippen LogP contribution >= 0.6 is 0 Å². The van der Waals surface area contributed by atoms with Crippen molar-refractivity contribution >= 4 is 0 Å². The van der Waals surface area contributed by atoms with Crippen molar-refractivity contribution in [2.75, 3.05) is 13.6 Å². The Labute approximate surface area is 82.3 Å². The molecule has 0 aromatic rings. The molecule has 2 unspecified atom stereocenters. The molecular weight excluding hydrogens is 160 g/mol. The monoisotopic (exact) mass is 184 g/mol. The summed E-state index contributed by atoms with van der Waals surface area (Å²) in [6, 6.07) is 0.709. The molecule has 2 nitrogen and oxygen atoms in total. The van der Waals surface area contributed by atoms with Gasteiger partial charge in [0.25, 0.3) is 0 Å². The van der Waals surface area contributed by atoms with E-state index in [1.807, 2.05) is 0 Å². The van der Waals surface area contributed by atoms with E-state index in [2.05, 4.69) is 19.3 Å². The zero-order valence-electron chi connectivity index (χ0n) is 9.05. The van der Waals surface area contributed by atoms with Crippen molar-refractivity contribution in [2.45, 2.75) is 45.1 Å². The number of hydrogen-bond donors (Lipinski definition) is 2. The molecule has 0 bridgehead atoms. The Kier molecular flexibility index (Phi) is 4.74. The van der Waals surface area contributed by atoms with Gasteiger partial charge in [0.1, 0.15) is 0 Å². The molecule has 0 aromatic heterocycles. The summed E-state index contributed by atoms with van der Waals surface area (Å²) >= 11 is 0. The maximum absolute atomic E-state index is 5.65. The van der Waals surface area contributed by atoms with Crippen LogP contribution < -0.4 is 11.1 Å². The largest absolute Gasteiger partial charge is 0.330 e. The Morgan fingerprint density at radius 2 is 2.00 bits per heavy atom. The van der Waals surface area contributed by atoms with Gasteiger partial charge in [0, 0.05) is 6.04 Å². The van der Waals surface area contributed by atoms with Gasteiger partial charge in [0.2, 0.25) is 0 Å². The van der Waals surface area contributed by atoms with E-state index in [4.69, 9.17) is 5.73 Å². The molecule has 0 aromatic carbocycles. The Bertz CT molecular complexity index is 130. The SMILES string of the molecule is CNC(CC(C)CN)C1CCCC1. The molecule has 0 aliphatic heterocycles. The van der Waals surface area contributed by atoms with E-state index in [0.717, 1.165) is 12.5 Å². The van der Waals surface area contributed by atoms with E-state index < -0.39 is 0 Å². The Balaban J connectivity index is 2.32. The number of rotatable bonds is 5. The van der Waals surface area contributed by atoms with Gasteiger partial charge in [0.05, 0.1) is 0 Å². The van der Waals surface area contributed by atoms with Crippen LogP contribution in [0.2, 0.25) is 0 Å². The summed E-state index contributed by atoms with van der Waals surface area (Å²) in [4.78, 5) is 0. The fourth-order valence-electron chi connectivity index (χ4n) is 2.44. The van der Waals surface area contributed by atoms with Crippen LogP contribution in [0.3, 0.4) is 0 Å². The van der Waals surface area contributed by atoms with Gasteiger partial charge in [-0.25, -0.2) is 0 Å². The van der Waals surface area contributed by atoms with Crippen molar-refractivity contribution in [3.63, 3.8) is 0 Å². The first kappa shape index (κ1) is 11.0. The van der Waals surface area contributed by atoms with Gasteiger partial charge in [-0.15, -0.1) is 0 Å². The van der Waals surface area contributed by atoms with Crippen molar-refractivity contribution in [3.8, 4) is 0 Å². The van der Waals surface area contributed by atoms with Gasteiger partial charge < -0.3 is 11.1 Å². The molecule has 1 aliphatic rings. The zero-order valence-corrected chi connectivity index (χ0v) is 9.05. The van der Waals surface area contributed by atoms with Crippen molar-refractivity contribution in [1.82, 2.24) is 5.32 Å². The molecule has 0 saturated heterocycles. The van der Waals surface area contributed by atoms with Gasteiger partial charge in [-0.2, -0.15) is 0 Å². The lowest BCUT2D eigenvalue weighted by Gasteiger charge is -2.25. The minimum Gasteiger partial charge on any atom is -0.330 e. The molecule has 1 rings (SSSR count). The van der Waals surface area contributed by atoms with Crippen LogP contribution in [0, 0.1) is 11.8 Å². The normalized spacial score (nSPS) is 23.3. The van der Waals surface area contributed by atoms with Crippen LogP contribution in [0.4, 0.5) is 0 Å². The highest BCUT2D eigenvalue weighted by Crippen LogP contribution is 2.29. The molecule has 2 atom stereocenters. The minimum absolute atomic E-state index is 0.665. The van der Waals surface area contributed by atoms with Gasteiger partial charge in [0.15, 0.2) is 0 Å². The third-order valence-corrected chi connectivity index (χ3v) is 3.40. The highest BCUT2D eigenvalue weighted by molar-refractivity contribution is 4.81. The van der Waals surface area contributed by atoms with Crippen LogP contribution in [0.1, 0.15) is 39.0 Å². The van der Waals surface area contributed by atoms with Crippen molar-refractivity contribution in [3.05, 3.63) is 0 Å². The standard InChI is InChI=1S/C11H24N2/c1-9(8-12)7-11(13-2)10-5-3-4-6-10/h9-11,13H,3-8,12H2,1-2H3. The molecule has 0 radical (unpaired) electrons. The smallest absolute Gasteiger partial charge is 0.00953 e. The molecule has 78 valence electrons. The van der Waals surface area contributed by atoms with Crippen molar-refractivity contribution in [1.29, 1.82) is 0 Å². The summed E-state index contributed by atoms with van der Waals surface area (Å²) in [5.74, 6) is 1.58. The summed E-state index contributed by atoms with van der Waals surface area (Å²) in [5, 5.41) is 3.45. The van der Waals surface area contributed by atoms with Crippen LogP contribution in [-0.4, -0.2) is 19.6 Å². The van der Waals surface area contributed by atoms with E-state index >= 15 is 0 Å². The Morgan fingerprint density at radius 1 is 1.38 bits per heavy atom. The summed E-state index contributed by atoms with van der Waals surface area (Å²) in [7, 11) is 2.09. The van der Waals surface area contributed by atoms with Gasteiger partial charge in [-0.3, -0.25) is 0 Å². The van der Waals surface area contributed by atoms with E-state index in [9.17, 15) is 0 Å². The maximum atomic E-state index is 5.65. The lowest BCUT2D eigenvalue weighted by molar-refractivity contribution is 0.319. The highest BCUT2D eigenvalue weighted by Gasteiger charge is 2.24.